The van der Waals surface area contributed by atoms with Crippen LogP contribution in [0.1, 0.15) is 23.6 Å². The van der Waals surface area contributed by atoms with Gasteiger partial charge in [-0.15, -0.1) is 0 Å². The van der Waals surface area contributed by atoms with Gasteiger partial charge in [0.2, 0.25) is 0 Å². The summed E-state index contributed by atoms with van der Waals surface area (Å²) >= 11 is 0. The molecule has 1 rings (SSSR count). The molecule has 0 saturated carbocycles. The first-order valence-corrected chi connectivity index (χ1v) is 4.06. The Kier molecular flexibility index (Phi) is 3.20. The number of hydrogen-bond acceptors (Lipinski definition) is 2. The van der Waals surface area contributed by atoms with Crippen LogP contribution in [0.4, 0.5) is 4.39 Å². The lowest BCUT2D eigenvalue weighted by molar-refractivity contribution is 0.516. The van der Waals surface area contributed by atoms with Crippen molar-refractivity contribution in [2.75, 3.05) is 6.67 Å². The molecule has 0 aromatic heterocycles. The molecular formula is C11H8FN2. The Hall–Kier alpha value is -1.87. The molecule has 0 N–H and O–H groups in total. The molecule has 0 aliphatic rings. The largest absolute Gasteiger partial charge is 0.250 e. The Morgan fingerprint density at radius 1 is 1.29 bits per heavy atom. The minimum Gasteiger partial charge on any atom is -0.250 e. The normalized spacial score (nSPS) is 9.50. The fourth-order valence-corrected chi connectivity index (χ4v) is 1.08. The molecular weight excluding hydrogens is 179 g/mol. The van der Waals surface area contributed by atoms with E-state index in [9.17, 15) is 4.39 Å². The summed E-state index contributed by atoms with van der Waals surface area (Å²) in [5.74, 6) is 0.561. The Bertz CT molecular complexity index is 412. The molecule has 0 heterocycles. The summed E-state index contributed by atoms with van der Waals surface area (Å²) in [5, 5.41) is 17.4. The van der Waals surface area contributed by atoms with Crippen LogP contribution in [0.2, 0.25) is 0 Å². The Labute approximate surface area is 82.2 Å². The monoisotopic (exact) mass is 187 g/mol. The standard InChI is InChI=1S/C11H8FN2/c1-8(5-12)9-2-3-10(6-13)11(4-9)7-14/h2-4H,5H2,1H3. The quantitative estimate of drug-likeness (QED) is 0.713. The van der Waals surface area contributed by atoms with Gasteiger partial charge in [0, 0.05) is 5.92 Å². The lowest BCUT2D eigenvalue weighted by Crippen LogP contribution is -1.98. The van der Waals surface area contributed by atoms with Gasteiger partial charge in [0.05, 0.1) is 17.8 Å². The van der Waals surface area contributed by atoms with Crippen LogP contribution in [-0.4, -0.2) is 6.67 Å². The molecule has 0 aliphatic carbocycles. The van der Waals surface area contributed by atoms with Crippen molar-refractivity contribution in [2.45, 2.75) is 6.92 Å². The van der Waals surface area contributed by atoms with E-state index in [0.717, 1.165) is 0 Å². The first-order valence-electron chi connectivity index (χ1n) is 4.06. The van der Waals surface area contributed by atoms with Gasteiger partial charge in [-0.3, -0.25) is 4.39 Å². The molecule has 0 saturated heterocycles. The van der Waals surface area contributed by atoms with Crippen molar-refractivity contribution in [3.63, 3.8) is 0 Å². The molecule has 2 nitrogen and oxygen atoms in total. The van der Waals surface area contributed by atoms with Gasteiger partial charge in [-0.1, -0.05) is 13.0 Å². The van der Waals surface area contributed by atoms with Crippen LogP contribution in [0.25, 0.3) is 0 Å². The number of nitrogens with zero attached hydrogens (tertiary/aromatic N) is 2. The van der Waals surface area contributed by atoms with E-state index in [0.29, 0.717) is 17.0 Å². The van der Waals surface area contributed by atoms with Crippen LogP contribution in [0.5, 0.6) is 0 Å². The lowest BCUT2D eigenvalue weighted by Gasteiger charge is -2.06. The van der Waals surface area contributed by atoms with Gasteiger partial charge in [-0.25, -0.2) is 0 Å². The summed E-state index contributed by atoms with van der Waals surface area (Å²) < 4.78 is 12.3. The zero-order valence-corrected chi connectivity index (χ0v) is 7.71. The highest BCUT2D eigenvalue weighted by Crippen LogP contribution is 2.18. The topological polar surface area (TPSA) is 47.6 Å². The molecule has 14 heavy (non-hydrogen) atoms. The molecule has 0 atom stereocenters. The average molecular weight is 187 g/mol. The third-order valence-corrected chi connectivity index (χ3v) is 1.95. The van der Waals surface area contributed by atoms with E-state index in [4.69, 9.17) is 10.5 Å². The molecule has 1 aromatic rings. The number of hydrogen-bond donors (Lipinski definition) is 0. The van der Waals surface area contributed by atoms with Crippen molar-refractivity contribution >= 4 is 0 Å². The summed E-state index contributed by atoms with van der Waals surface area (Å²) in [6.07, 6.45) is 0. The predicted octanol–water partition coefficient (Wildman–Crippen LogP) is 2.34. The fraction of sp³-hybridized carbons (Fsp3) is 0.182. The highest BCUT2D eigenvalue weighted by atomic mass is 19.1. The SMILES string of the molecule is C[C](CF)c1ccc(C#N)c(C#N)c1. The molecule has 0 amide bonds. The molecule has 0 bridgehead atoms. The highest BCUT2D eigenvalue weighted by molar-refractivity contribution is 5.49. The maximum absolute atomic E-state index is 12.3. The van der Waals surface area contributed by atoms with E-state index in [-0.39, 0.29) is 5.56 Å². The van der Waals surface area contributed by atoms with Gasteiger partial charge < -0.3 is 0 Å². The Morgan fingerprint density at radius 2 is 1.93 bits per heavy atom. The van der Waals surface area contributed by atoms with Gasteiger partial charge in [0.15, 0.2) is 0 Å². The zero-order valence-electron chi connectivity index (χ0n) is 7.71. The van der Waals surface area contributed by atoms with Crippen molar-refractivity contribution in [3.8, 4) is 12.1 Å². The predicted molar refractivity (Wildman–Crippen MR) is 49.9 cm³/mol. The third-order valence-electron chi connectivity index (χ3n) is 1.95. The summed E-state index contributed by atoms with van der Waals surface area (Å²) in [6, 6.07) is 8.53. The smallest absolute Gasteiger partial charge is 0.101 e. The van der Waals surface area contributed by atoms with E-state index in [2.05, 4.69) is 0 Å². The lowest BCUT2D eigenvalue weighted by atomic mass is 9.98. The first-order chi connectivity index (χ1) is 6.72. The maximum atomic E-state index is 12.3. The second kappa shape index (κ2) is 4.39. The minimum absolute atomic E-state index is 0.290. The number of benzene rings is 1. The minimum atomic E-state index is -0.545. The number of rotatable bonds is 2. The van der Waals surface area contributed by atoms with Gasteiger partial charge in [-0.05, 0) is 17.7 Å². The Balaban J connectivity index is 3.17. The Morgan fingerprint density at radius 3 is 2.43 bits per heavy atom. The van der Waals surface area contributed by atoms with E-state index < -0.39 is 6.67 Å². The fourth-order valence-electron chi connectivity index (χ4n) is 1.08. The van der Waals surface area contributed by atoms with E-state index in [1.807, 2.05) is 12.1 Å². The number of halogens is 1. The van der Waals surface area contributed by atoms with Crippen molar-refractivity contribution < 1.29 is 4.39 Å². The summed E-state index contributed by atoms with van der Waals surface area (Å²) in [5.41, 5.74) is 1.28. The van der Waals surface area contributed by atoms with E-state index >= 15 is 0 Å². The van der Waals surface area contributed by atoms with E-state index in [1.54, 1.807) is 13.0 Å². The number of alkyl halides is 1. The van der Waals surface area contributed by atoms with Crippen molar-refractivity contribution in [1.29, 1.82) is 10.5 Å². The molecule has 1 aromatic carbocycles. The third kappa shape index (κ3) is 1.89. The summed E-state index contributed by atoms with van der Waals surface area (Å²) in [7, 11) is 0. The molecule has 0 fully saturated rings. The second-order valence-electron chi connectivity index (χ2n) is 2.90. The van der Waals surface area contributed by atoms with Gasteiger partial charge in [-0.2, -0.15) is 10.5 Å². The van der Waals surface area contributed by atoms with E-state index in [1.165, 1.54) is 12.1 Å². The zero-order chi connectivity index (χ0) is 10.6. The molecule has 3 heteroatoms. The van der Waals surface area contributed by atoms with Gasteiger partial charge >= 0.3 is 0 Å². The second-order valence-corrected chi connectivity index (χ2v) is 2.90. The molecule has 0 unspecified atom stereocenters. The number of nitriles is 2. The first kappa shape index (κ1) is 10.2. The van der Waals surface area contributed by atoms with Crippen LogP contribution in [-0.2, 0) is 0 Å². The van der Waals surface area contributed by atoms with Crippen LogP contribution < -0.4 is 0 Å². The molecule has 0 spiro atoms. The highest BCUT2D eigenvalue weighted by Gasteiger charge is 2.08. The van der Waals surface area contributed by atoms with Crippen LogP contribution >= 0.6 is 0 Å². The van der Waals surface area contributed by atoms with Crippen molar-refractivity contribution in [3.05, 3.63) is 40.8 Å². The van der Waals surface area contributed by atoms with Crippen LogP contribution in [0, 0.1) is 28.6 Å². The van der Waals surface area contributed by atoms with Crippen molar-refractivity contribution in [1.82, 2.24) is 0 Å². The maximum Gasteiger partial charge on any atom is 0.101 e. The van der Waals surface area contributed by atoms with Crippen LogP contribution in [0.3, 0.4) is 0 Å². The van der Waals surface area contributed by atoms with Crippen molar-refractivity contribution in [2.24, 2.45) is 0 Å². The molecule has 69 valence electrons. The molecule has 1 radical (unpaired) electrons. The average Bonchev–Trinajstić information content (AvgIpc) is 2.26. The van der Waals surface area contributed by atoms with Gasteiger partial charge in [0.25, 0.3) is 0 Å². The molecule has 0 aliphatic heterocycles. The summed E-state index contributed by atoms with van der Waals surface area (Å²) in [6.45, 7) is 1.11. The van der Waals surface area contributed by atoms with Gasteiger partial charge in [0.1, 0.15) is 12.1 Å². The van der Waals surface area contributed by atoms with Crippen LogP contribution in [0.15, 0.2) is 18.2 Å². The summed E-state index contributed by atoms with van der Waals surface area (Å²) in [4.78, 5) is 0.